The molecule has 1 aromatic rings. The molecule has 0 bridgehead atoms. The quantitative estimate of drug-likeness (QED) is 0.833. The fourth-order valence-corrected chi connectivity index (χ4v) is 2.04. The number of aromatic nitrogens is 3. The highest BCUT2D eigenvalue weighted by Gasteiger charge is 2.17. The van der Waals surface area contributed by atoms with Crippen molar-refractivity contribution < 1.29 is 4.74 Å². The van der Waals surface area contributed by atoms with Crippen LogP contribution >= 0.6 is 0 Å². The van der Waals surface area contributed by atoms with Crippen LogP contribution in [-0.4, -0.2) is 61.9 Å². The topological polar surface area (TPSA) is 66.4 Å². The van der Waals surface area contributed by atoms with Gasteiger partial charge in [-0.25, -0.2) is 0 Å². The molecule has 2 heterocycles. The number of morpholine rings is 1. The van der Waals surface area contributed by atoms with Gasteiger partial charge < -0.3 is 19.9 Å². The SMILES string of the molecule is CCCCN(C)c1nc(NC)nc(N2CCOCC2)n1. The van der Waals surface area contributed by atoms with Crippen LogP contribution in [0.2, 0.25) is 0 Å². The van der Waals surface area contributed by atoms with E-state index in [0.717, 1.165) is 57.6 Å². The minimum Gasteiger partial charge on any atom is -0.378 e. The van der Waals surface area contributed by atoms with E-state index < -0.39 is 0 Å². The summed E-state index contributed by atoms with van der Waals surface area (Å²) in [6.07, 6.45) is 2.29. The van der Waals surface area contributed by atoms with Gasteiger partial charge in [-0.15, -0.1) is 0 Å². The molecule has 1 aliphatic rings. The van der Waals surface area contributed by atoms with Crippen molar-refractivity contribution in [1.29, 1.82) is 0 Å². The summed E-state index contributed by atoms with van der Waals surface area (Å²) in [5.41, 5.74) is 0. The molecule has 112 valence electrons. The van der Waals surface area contributed by atoms with E-state index in [-0.39, 0.29) is 0 Å². The van der Waals surface area contributed by atoms with Gasteiger partial charge in [-0.3, -0.25) is 0 Å². The minimum atomic E-state index is 0.611. The monoisotopic (exact) mass is 280 g/mol. The Morgan fingerprint density at radius 2 is 2.00 bits per heavy atom. The van der Waals surface area contributed by atoms with Crippen molar-refractivity contribution in [3.63, 3.8) is 0 Å². The van der Waals surface area contributed by atoms with E-state index in [9.17, 15) is 0 Å². The third kappa shape index (κ3) is 3.69. The molecule has 1 aliphatic heterocycles. The van der Waals surface area contributed by atoms with Crippen LogP contribution in [0.5, 0.6) is 0 Å². The zero-order valence-electron chi connectivity index (χ0n) is 12.6. The molecule has 0 aromatic carbocycles. The van der Waals surface area contributed by atoms with Gasteiger partial charge >= 0.3 is 0 Å². The molecule has 1 saturated heterocycles. The summed E-state index contributed by atoms with van der Waals surface area (Å²) in [5.74, 6) is 2.06. The predicted octanol–water partition coefficient (Wildman–Crippen LogP) is 0.986. The Morgan fingerprint density at radius 1 is 1.25 bits per heavy atom. The summed E-state index contributed by atoms with van der Waals surface area (Å²) >= 11 is 0. The lowest BCUT2D eigenvalue weighted by Crippen LogP contribution is -2.38. The molecule has 0 radical (unpaired) electrons. The van der Waals surface area contributed by atoms with E-state index in [1.165, 1.54) is 0 Å². The molecule has 2 rings (SSSR count). The zero-order chi connectivity index (χ0) is 14.4. The molecule has 1 aromatic heterocycles. The fraction of sp³-hybridized carbons (Fsp3) is 0.769. The molecule has 0 aliphatic carbocycles. The Morgan fingerprint density at radius 3 is 2.65 bits per heavy atom. The molecule has 7 heteroatoms. The summed E-state index contributed by atoms with van der Waals surface area (Å²) in [6.45, 7) is 6.23. The van der Waals surface area contributed by atoms with Gasteiger partial charge in [-0.05, 0) is 6.42 Å². The number of nitrogens with one attached hydrogen (secondary N) is 1. The highest BCUT2D eigenvalue weighted by molar-refractivity contribution is 5.44. The summed E-state index contributed by atoms with van der Waals surface area (Å²) in [4.78, 5) is 17.7. The van der Waals surface area contributed by atoms with E-state index in [0.29, 0.717) is 5.95 Å². The Labute approximate surface area is 120 Å². The van der Waals surface area contributed by atoms with E-state index in [1.54, 1.807) is 0 Å². The van der Waals surface area contributed by atoms with Crippen LogP contribution in [0, 0.1) is 0 Å². The zero-order valence-corrected chi connectivity index (χ0v) is 12.6. The standard InChI is InChI=1S/C13H24N6O/c1-4-5-6-18(3)12-15-11(14-2)16-13(17-12)19-7-9-20-10-8-19/h4-10H2,1-3H3,(H,14,15,16,17). The molecule has 0 amide bonds. The number of anilines is 3. The van der Waals surface area contributed by atoms with Crippen molar-refractivity contribution in [3.05, 3.63) is 0 Å². The summed E-state index contributed by atoms with van der Waals surface area (Å²) in [7, 11) is 3.85. The number of hydrogen-bond acceptors (Lipinski definition) is 7. The van der Waals surface area contributed by atoms with E-state index >= 15 is 0 Å². The second-order valence-corrected chi connectivity index (χ2v) is 4.88. The van der Waals surface area contributed by atoms with Crippen LogP contribution < -0.4 is 15.1 Å². The van der Waals surface area contributed by atoms with Crippen molar-refractivity contribution in [2.45, 2.75) is 19.8 Å². The summed E-state index contributed by atoms with van der Waals surface area (Å²) in [6, 6.07) is 0. The molecule has 0 unspecified atom stereocenters. The average Bonchev–Trinajstić information content (AvgIpc) is 2.52. The number of unbranched alkanes of at least 4 members (excludes halogenated alkanes) is 1. The Bertz CT molecular complexity index is 421. The molecular formula is C13H24N6O. The first-order chi connectivity index (χ1) is 9.74. The average molecular weight is 280 g/mol. The first kappa shape index (κ1) is 14.8. The van der Waals surface area contributed by atoms with Gasteiger partial charge in [0.25, 0.3) is 0 Å². The lowest BCUT2D eigenvalue weighted by Gasteiger charge is -2.27. The third-order valence-corrected chi connectivity index (χ3v) is 3.32. The molecule has 0 spiro atoms. The van der Waals surface area contributed by atoms with Gasteiger partial charge in [0.2, 0.25) is 17.8 Å². The van der Waals surface area contributed by atoms with Crippen LogP contribution in [0.1, 0.15) is 19.8 Å². The van der Waals surface area contributed by atoms with Crippen molar-refractivity contribution in [1.82, 2.24) is 15.0 Å². The lowest BCUT2D eigenvalue weighted by molar-refractivity contribution is 0.122. The van der Waals surface area contributed by atoms with Crippen LogP contribution in [0.25, 0.3) is 0 Å². The molecule has 20 heavy (non-hydrogen) atoms. The van der Waals surface area contributed by atoms with Gasteiger partial charge in [-0.2, -0.15) is 15.0 Å². The third-order valence-electron chi connectivity index (χ3n) is 3.32. The van der Waals surface area contributed by atoms with Gasteiger partial charge in [0.15, 0.2) is 0 Å². The van der Waals surface area contributed by atoms with Crippen molar-refractivity contribution >= 4 is 17.8 Å². The van der Waals surface area contributed by atoms with Crippen LogP contribution in [-0.2, 0) is 4.74 Å². The van der Waals surface area contributed by atoms with E-state index in [4.69, 9.17) is 4.74 Å². The Kier molecular flexibility index (Phi) is 5.34. The van der Waals surface area contributed by atoms with Crippen molar-refractivity contribution in [3.8, 4) is 0 Å². The number of nitrogens with zero attached hydrogens (tertiary/aromatic N) is 5. The van der Waals surface area contributed by atoms with E-state index in [2.05, 4.69) is 37.0 Å². The lowest BCUT2D eigenvalue weighted by atomic mass is 10.3. The van der Waals surface area contributed by atoms with Crippen molar-refractivity contribution in [2.24, 2.45) is 0 Å². The van der Waals surface area contributed by atoms with Crippen LogP contribution in [0.3, 0.4) is 0 Å². The number of hydrogen-bond donors (Lipinski definition) is 1. The van der Waals surface area contributed by atoms with Crippen molar-refractivity contribution in [2.75, 3.05) is 62.1 Å². The van der Waals surface area contributed by atoms with E-state index in [1.807, 2.05) is 14.1 Å². The highest BCUT2D eigenvalue weighted by Crippen LogP contribution is 2.17. The normalized spacial score (nSPS) is 15.2. The fourth-order valence-electron chi connectivity index (χ4n) is 2.04. The molecule has 1 fully saturated rings. The Hall–Kier alpha value is -1.63. The molecule has 1 N–H and O–H groups in total. The number of ether oxygens (including phenoxy) is 1. The molecular weight excluding hydrogens is 256 g/mol. The maximum absolute atomic E-state index is 5.37. The second-order valence-electron chi connectivity index (χ2n) is 4.88. The van der Waals surface area contributed by atoms with Crippen LogP contribution in [0.4, 0.5) is 17.8 Å². The summed E-state index contributed by atoms with van der Waals surface area (Å²) in [5, 5.41) is 3.01. The first-order valence-electron chi connectivity index (χ1n) is 7.22. The predicted molar refractivity (Wildman–Crippen MR) is 80.6 cm³/mol. The molecule has 0 saturated carbocycles. The van der Waals surface area contributed by atoms with Gasteiger partial charge in [0.05, 0.1) is 13.2 Å². The smallest absolute Gasteiger partial charge is 0.232 e. The van der Waals surface area contributed by atoms with Gasteiger partial charge in [0, 0.05) is 33.7 Å². The second kappa shape index (κ2) is 7.23. The highest BCUT2D eigenvalue weighted by atomic mass is 16.5. The Balaban J connectivity index is 2.18. The number of rotatable bonds is 6. The van der Waals surface area contributed by atoms with Gasteiger partial charge in [0.1, 0.15) is 0 Å². The minimum absolute atomic E-state index is 0.611. The van der Waals surface area contributed by atoms with Gasteiger partial charge in [-0.1, -0.05) is 13.3 Å². The molecule has 7 nitrogen and oxygen atoms in total. The summed E-state index contributed by atoms with van der Waals surface area (Å²) < 4.78 is 5.37. The maximum atomic E-state index is 5.37. The first-order valence-corrected chi connectivity index (χ1v) is 7.22. The van der Waals surface area contributed by atoms with Crippen LogP contribution in [0.15, 0.2) is 0 Å². The largest absolute Gasteiger partial charge is 0.378 e. The molecule has 0 atom stereocenters. The maximum Gasteiger partial charge on any atom is 0.232 e.